The van der Waals surface area contributed by atoms with E-state index in [-0.39, 0.29) is 18.5 Å². The van der Waals surface area contributed by atoms with E-state index < -0.39 is 12.1 Å². The molecule has 0 aliphatic carbocycles. The maximum Gasteiger partial charge on any atom is 0.305 e. The lowest BCUT2D eigenvalue weighted by molar-refractivity contribution is -0.143. The van der Waals surface area contributed by atoms with E-state index in [2.05, 4.69) is 43.5 Å². The number of nitrogens with one attached hydrogen (secondary N) is 1. The van der Waals surface area contributed by atoms with Gasteiger partial charge in [0.05, 0.1) is 25.4 Å². The number of carbonyl (C=O) groups excluding carboxylic acids is 2. The SMILES string of the molecule is CCCCCC/C=C\C/C=C\CCCCCCCC(=O)OCCCCCCCCCCCCCCCCCCCCCCCCCCCCCCC(=O)NC(CO)C(O)/C=C/CCCCCCCCCCCCCC. The number of rotatable bonds is 63. The van der Waals surface area contributed by atoms with Gasteiger partial charge in [-0.25, -0.2) is 0 Å². The molecule has 1 amide bonds. The minimum absolute atomic E-state index is 0.00514. The second kappa shape index (κ2) is 64.6. The molecule has 3 N–H and O–H groups in total. The molecule has 0 aliphatic rings. The van der Waals surface area contributed by atoms with Gasteiger partial charge in [0.25, 0.3) is 0 Å². The van der Waals surface area contributed by atoms with E-state index in [0.29, 0.717) is 19.4 Å². The molecule has 2 unspecified atom stereocenters. The van der Waals surface area contributed by atoms with Gasteiger partial charge in [0.15, 0.2) is 0 Å². The quantitative estimate of drug-likeness (QED) is 0.0320. The summed E-state index contributed by atoms with van der Waals surface area (Å²) in [5, 5.41) is 23.1. The van der Waals surface area contributed by atoms with Crippen molar-refractivity contribution in [2.75, 3.05) is 13.2 Å². The van der Waals surface area contributed by atoms with Gasteiger partial charge in [0.2, 0.25) is 5.91 Å². The zero-order valence-corrected chi connectivity index (χ0v) is 50.5. The van der Waals surface area contributed by atoms with Crippen molar-refractivity contribution in [1.29, 1.82) is 0 Å². The average Bonchev–Trinajstić information content (AvgIpc) is 3.41. The fraction of sp³-hybridized carbons (Fsp3) is 0.884. The van der Waals surface area contributed by atoms with Crippen LogP contribution in [0.2, 0.25) is 0 Å². The van der Waals surface area contributed by atoms with Gasteiger partial charge < -0.3 is 20.3 Å². The third kappa shape index (κ3) is 61.2. The van der Waals surface area contributed by atoms with E-state index in [4.69, 9.17) is 4.74 Å². The van der Waals surface area contributed by atoms with E-state index in [9.17, 15) is 19.8 Å². The number of ether oxygens (including phenoxy) is 1. The number of unbranched alkanes of at least 4 members (excludes halogenated alkanes) is 48. The maximum atomic E-state index is 12.5. The van der Waals surface area contributed by atoms with Crippen molar-refractivity contribution in [3.8, 4) is 0 Å². The lowest BCUT2D eigenvalue weighted by Gasteiger charge is -2.20. The Hall–Kier alpha value is -1.92. The number of amides is 1. The number of allylic oxidation sites excluding steroid dienone is 5. The molecule has 0 aliphatic heterocycles. The maximum absolute atomic E-state index is 12.5. The smallest absolute Gasteiger partial charge is 0.305 e. The van der Waals surface area contributed by atoms with E-state index in [1.165, 1.54) is 289 Å². The van der Waals surface area contributed by atoms with Crippen LogP contribution in [0.5, 0.6) is 0 Å². The first kappa shape index (κ1) is 73.1. The van der Waals surface area contributed by atoms with Crippen molar-refractivity contribution in [3.63, 3.8) is 0 Å². The molecule has 0 spiro atoms. The molecule has 0 saturated heterocycles. The van der Waals surface area contributed by atoms with E-state index in [0.717, 1.165) is 51.4 Å². The minimum atomic E-state index is -0.842. The highest BCUT2D eigenvalue weighted by molar-refractivity contribution is 5.76. The van der Waals surface area contributed by atoms with Crippen molar-refractivity contribution >= 4 is 11.9 Å². The molecule has 6 nitrogen and oxygen atoms in total. The van der Waals surface area contributed by atoms with Crippen LogP contribution in [0.15, 0.2) is 36.5 Å². The molecule has 6 heteroatoms. The number of hydrogen-bond acceptors (Lipinski definition) is 5. The van der Waals surface area contributed by atoms with Crippen LogP contribution in [0.3, 0.4) is 0 Å². The standard InChI is InChI=1S/C69H131NO5/c1-3-5-7-9-11-13-15-17-19-35-39-43-47-51-55-59-63-69(74)75-64-60-56-52-48-44-40-36-33-31-29-27-25-23-21-20-22-24-26-28-30-32-34-38-42-46-50-54-58-62-68(73)70-66(65-71)67(72)61-57-53-49-45-41-37-18-16-14-12-10-8-6-4-2/h13,15,19,35,57,61,66-67,71-72H,3-12,14,16-18,20-34,36-56,58-60,62-65H2,1-2H3,(H,70,73)/b15-13-,35-19-,61-57+. The first-order chi connectivity index (χ1) is 37.0. The van der Waals surface area contributed by atoms with Crippen LogP contribution >= 0.6 is 0 Å². The van der Waals surface area contributed by atoms with Gasteiger partial charge in [-0.1, -0.05) is 326 Å². The first-order valence-corrected chi connectivity index (χ1v) is 33.8. The van der Waals surface area contributed by atoms with Crippen LogP contribution in [-0.2, 0) is 14.3 Å². The number of hydrogen-bond donors (Lipinski definition) is 3. The van der Waals surface area contributed by atoms with E-state index in [1.807, 2.05) is 6.08 Å². The summed E-state index contributed by atoms with van der Waals surface area (Å²) in [5.74, 6) is -0.0584. The Morgan fingerprint density at radius 3 is 1.03 bits per heavy atom. The number of carbonyl (C=O) groups is 2. The molecule has 0 radical (unpaired) electrons. The van der Waals surface area contributed by atoms with Crippen LogP contribution < -0.4 is 5.32 Å². The lowest BCUT2D eigenvalue weighted by Crippen LogP contribution is -2.45. The third-order valence-electron chi connectivity index (χ3n) is 15.7. The van der Waals surface area contributed by atoms with Crippen molar-refractivity contribution in [1.82, 2.24) is 5.32 Å². The van der Waals surface area contributed by atoms with Crippen molar-refractivity contribution < 1.29 is 24.5 Å². The second-order valence-electron chi connectivity index (χ2n) is 23.2. The van der Waals surface area contributed by atoms with E-state index >= 15 is 0 Å². The zero-order valence-electron chi connectivity index (χ0n) is 50.5. The molecule has 0 rings (SSSR count). The molecule has 0 bridgehead atoms. The van der Waals surface area contributed by atoms with Crippen molar-refractivity contribution in [2.45, 2.75) is 379 Å². The van der Waals surface area contributed by atoms with Crippen LogP contribution in [0.4, 0.5) is 0 Å². The van der Waals surface area contributed by atoms with Crippen LogP contribution in [-0.4, -0.2) is 47.4 Å². The Labute approximate surface area is 468 Å². The van der Waals surface area contributed by atoms with E-state index in [1.54, 1.807) is 6.08 Å². The molecule has 442 valence electrons. The molecule has 0 aromatic heterocycles. The predicted molar refractivity (Wildman–Crippen MR) is 329 cm³/mol. The Bertz CT molecular complexity index is 1210. The fourth-order valence-electron chi connectivity index (χ4n) is 10.5. The molecular formula is C69H131NO5. The molecule has 0 aromatic rings. The summed E-state index contributed by atoms with van der Waals surface area (Å²) in [7, 11) is 0. The van der Waals surface area contributed by atoms with Crippen LogP contribution in [0.25, 0.3) is 0 Å². The van der Waals surface area contributed by atoms with Crippen molar-refractivity contribution in [2.24, 2.45) is 0 Å². The highest BCUT2D eigenvalue weighted by atomic mass is 16.5. The monoisotopic (exact) mass is 1050 g/mol. The summed E-state index contributed by atoms with van der Waals surface area (Å²) in [6.07, 6.45) is 82.1. The molecule has 0 heterocycles. The Balaban J connectivity index is 3.35. The highest BCUT2D eigenvalue weighted by Crippen LogP contribution is 2.18. The molecule has 0 saturated carbocycles. The molecule has 2 atom stereocenters. The molecule has 75 heavy (non-hydrogen) atoms. The Morgan fingerprint density at radius 1 is 0.373 bits per heavy atom. The lowest BCUT2D eigenvalue weighted by atomic mass is 10.0. The highest BCUT2D eigenvalue weighted by Gasteiger charge is 2.18. The molecule has 0 aromatic carbocycles. The van der Waals surface area contributed by atoms with Gasteiger partial charge in [-0.2, -0.15) is 0 Å². The Kier molecular flexibility index (Phi) is 63.0. The van der Waals surface area contributed by atoms with Crippen LogP contribution in [0, 0.1) is 0 Å². The van der Waals surface area contributed by atoms with Gasteiger partial charge >= 0.3 is 5.97 Å². The van der Waals surface area contributed by atoms with Gasteiger partial charge in [-0.05, 0) is 64.2 Å². The molecule has 0 fully saturated rings. The number of aliphatic hydroxyl groups excluding tert-OH is 2. The third-order valence-corrected chi connectivity index (χ3v) is 15.7. The summed E-state index contributed by atoms with van der Waals surface area (Å²) in [6, 6.07) is -0.625. The van der Waals surface area contributed by atoms with Gasteiger partial charge in [0, 0.05) is 12.8 Å². The normalized spacial score (nSPS) is 12.7. The van der Waals surface area contributed by atoms with Crippen molar-refractivity contribution in [3.05, 3.63) is 36.5 Å². The summed E-state index contributed by atoms with van der Waals surface area (Å²) >= 11 is 0. The van der Waals surface area contributed by atoms with Gasteiger partial charge in [0.1, 0.15) is 0 Å². The largest absolute Gasteiger partial charge is 0.466 e. The zero-order chi connectivity index (χ0) is 54.3. The van der Waals surface area contributed by atoms with Gasteiger partial charge in [-0.3, -0.25) is 9.59 Å². The Morgan fingerprint density at radius 2 is 0.667 bits per heavy atom. The van der Waals surface area contributed by atoms with Gasteiger partial charge in [-0.15, -0.1) is 0 Å². The summed E-state index contributed by atoms with van der Waals surface area (Å²) in [5.41, 5.74) is 0. The van der Waals surface area contributed by atoms with Crippen LogP contribution in [0.1, 0.15) is 367 Å². The predicted octanol–water partition coefficient (Wildman–Crippen LogP) is 21.5. The topological polar surface area (TPSA) is 95.9 Å². The second-order valence-corrected chi connectivity index (χ2v) is 23.2. The summed E-state index contributed by atoms with van der Waals surface area (Å²) < 4.78 is 5.49. The number of esters is 1. The average molecular weight is 1050 g/mol. The summed E-state index contributed by atoms with van der Waals surface area (Å²) in [6.45, 7) is 4.90. The minimum Gasteiger partial charge on any atom is -0.466 e. The summed E-state index contributed by atoms with van der Waals surface area (Å²) in [4.78, 5) is 24.5. The first-order valence-electron chi connectivity index (χ1n) is 33.8. The molecular weight excluding hydrogens is 923 g/mol. The number of aliphatic hydroxyl groups is 2. The fourth-order valence-corrected chi connectivity index (χ4v) is 10.5.